The SMILES string of the molecule is O=S(=O)(NCCc1nccc(-c2ccccc2)n1)NCc1ccccc1. The van der Waals surface area contributed by atoms with E-state index in [1.165, 1.54) is 0 Å². The lowest BCUT2D eigenvalue weighted by atomic mass is 10.1. The zero-order chi connectivity index (χ0) is 18.2. The summed E-state index contributed by atoms with van der Waals surface area (Å²) in [4.78, 5) is 8.70. The van der Waals surface area contributed by atoms with Crippen LogP contribution in [0.3, 0.4) is 0 Å². The zero-order valence-electron chi connectivity index (χ0n) is 14.2. The van der Waals surface area contributed by atoms with Gasteiger partial charge in [0.15, 0.2) is 0 Å². The van der Waals surface area contributed by atoms with Crippen LogP contribution in [0.4, 0.5) is 0 Å². The summed E-state index contributed by atoms with van der Waals surface area (Å²) in [5.74, 6) is 0.595. The highest BCUT2D eigenvalue weighted by Crippen LogP contribution is 2.15. The molecule has 0 bridgehead atoms. The van der Waals surface area contributed by atoms with E-state index in [2.05, 4.69) is 19.4 Å². The van der Waals surface area contributed by atoms with Crippen LogP contribution in [0.5, 0.6) is 0 Å². The van der Waals surface area contributed by atoms with Crippen molar-refractivity contribution in [2.45, 2.75) is 13.0 Å². The lowest BCUT2D eigenvalue weighted by molar-refractivity contribution is 0.565. The Morgan fingerprint density at radius 3 is 2.27 bits per heavy atom. The van der Waals surface area contributed by atoms with Crippen LogP contribution in [-0.4, -0.2) is 24.9 Å². The topological polar surface area (TPSA) is 84.0 Å². The summed E-state index contributed by atoms with van der Waals surface area (Å²) in [6.07, 6.45) is 2.10. The van der Waals surface area contributed by atoms with Crippen LogP contribution >= 0.6 is 0 Å². The predicted octanol–water partition coefficient (Wildman–Crippen LogP) is 2.31. The Balaban J connectivity index is 1.53. The summed E-state index contributed by atoms with van der Waals surface area (Å²) in [5, 5.41) is 0. The fourth-order valence-electron chi connectivity index (χ4n) is 2.41. The van der Waals surface area contributed by atoms with Crippen LogP contribution < -0.4 is 9.44 Å². The summed E-state index contributed by atoms with van der Waals surface area (Å²) in [6.45, 7) is 0.471. The molecule has 3 rings (SSSR count). The molecule has 1 heterocycles. The van der Waals surface area contributed by atoms with Gasteiger partial charge in [0.05, 0.1) is 5.69 Å². The third kappa shape index (κ3) is 5.45. The van der Waals surface area contributed by atoms with Gasteiger partial charge in [-0.15, -0.1) is 0 Å². The third-order valence-electron chi connectivity index (χ3n) is 3.72. The van der Waals surface area contributed by atoms with Crippen LogP contribution in [0.15, 0.2) is 72.9 Å². The van der Waals surface area contributed by atoms with Crippen molar-refractivity contribution in [3.63, 3.8) is 0 Å². The maximum absolute atomic E-state index is 12.0. The van der Waals surface area contributed by atoms with Crippen molar-refractivity contribution in [2.75, 3.05) is 6.54 Å². The molecule has 1 aromatic heterocycles. The molecule has 0 fully saturated rings. The van der Waals surface area contributed by atoms with Crippen molar-refractivity contribution in [1.82, 2.24) is 19.4 Å². The summed E-state index contributed by atoms with van der Waals surface area (Å²) in [6, 6.07) is 21.0. The number of nitrogens with zero attached hydrogens (tertiary/aromatic N) is 2. The second-order valence-corrected chi connectivity index (χ2v) is 7.26. The molecule has 2 aromatic carbocycles. The molecule has 0 unspecified atom stereocenters. The third-order valence-corrected chi connectivity index (χ3v) is 4.83. The highest BCUT2D eigenvalue weighted by Gasteiger charge is 2.09. The first-order chi connectivity index (χ1) is 12.6. The molecule has 0 radical (unpaired) electrons. The predicted molar refractivity (Wildman–Crippen MR) is 101 cm³/mol. The normalized spacial score (nSPS) is 11.4. The fourth-order valence-corrected chi connectivity index (χ4v) is 3.24. The van der Waals surface area contributed by atoms with Crippen LogP contribution in [0.25, 0.3) is 11.3 Å². The van der Waals surface area contributed by atoms with Crippen molar-refractivity contribution >= 4 is 10.2 Å². The highest BCUT2D eigenvalue weighted by molar-refractivity contribution is 7.87. The Morgan fingerprint density at radius 1 is 0.846 bits per heavy atom. The molecule has 7 heteroatoms. The molecule has 0 saturated carbocycles. The van der Waals surface area contributed by atoms with Gasteiger partial charge in [0.25, 0.3) is 10.2 Å². The van der Waals surface area contributed by atoms with E-state index >= 15 is 0 Å². The molecule has 0 spiro atoms. The Hall–Kier alpha value is -2.61. The molecule has 0 amide bonds. The van der Waals surface area contributed by atoms with Gasteiger partial charge < -0.3 is 0 Å². The van der Waals surface area contributed by atoms with E-state index < -0.39 is 10.2 Å². The van der Waals surface area contributed by atoms with Gasteiger partial charge in [-0.05, 0) is 11.6 Å². The van der Waals surface area contributed by atoms with Crippen molar-refractivity contribution in [3.05, 3.63) is 84.3 Å². The molecule has 0 aliphatic heterocycles. The Labute approximate surface area is 153 Å². The first-order valence-corrected chi connectivity index (χ1v) is 9.76. The lowest BCUT2D eigenvalue weighted by Gasteiger charge is -2.08. The minimum Gasteiger partial charge on any atom is -0.241 e. The standard InChI is InChI=1S/C19H20N4O2S/c24-26(25,22-15-16-7-3-1-4-8-16)21-14-12-19-20-13-11-18(23-19)17-9-5-2-6-10-17/h1-11,13,21-22H,12,14-15H2. The number of aromatic nitrogens is 2. The van der Waals surface area contributed by atoms with E-state index in [9.17, 15) is 8.42 Å². The molecule has 6 nitrogen and oxygen atoms in total. The summed E-state index contributed by atoms with van der Waals surface area (Å²) in [5.41, 5.74) is 2.72. The zero-order valence-corrected chi connectivity index (χ0v) is 15.0. The van der Waals surface area contributed by atoms with Crippen molar-refractivity contribution in [3.8, 4) is 11.3 Å². The molecule has 0 saturated heterocycles. The summed E-state index contributed by atoms with van der Waals surface area (Å²) in [7, 11) is -3.57. The lowest BCUT2D eigenvalue weighted by Crippen LogP contribution is -2.37. The molecule has 0 aliphatic rings. The molecular weight excluding hydrogens is 348 g/mol. The van der Waals surface area contributed by atoms with Gasteiger partial charge in [-0.3, -0.25) is 0 Å². The smallest absolute Gasteiger partial charge is 0.241 e. The van der Waals surface area contributed by atoms with Gasteiger partial charge in [0, 0.05) is 31.3 Å². The number of rotatable bonds is 8. The van der Waals surface area contributed by atoms with Crippen molar-refractivity contribution in [2.24, 2.45) is 0 Å². The first kappa shape index (κ1) is 18.2. The highest BCUT2D eigenvalue weighted by atomic mass is 32.2. The largest absolute Gasteiger partial charge is 0.277 e. The summed E-state index contributed by atoms with van der Waals surface area (Å²) >= 11 is 0. The minimum atomic E-state index is -3.57. The molecule has 2 N–H and O–H groups in total. The van der Waals surface area contributed by atoms with Gasteiger partial charge in [-0.2, -0.15) is 13.1 Å². The van der Waals surface area contributed by atoms with Crippen molar-refractivity contribution in [1.29, 1.82) is 0 Å². The Bertz CT molecular complexity index is 932. The number of hydrogen-bond acceptors (Lipinski definition) is 4. The van der Waals surface area contributed by atoms with Crippen LogP contribution in [0.1, 0.15) is 11.4 Å². The van der Waals surface area contributed by atoms with Crippen LogP contribution in [-0.2, 0) is 23.2 Å². The maximum Gasteiger partial charge on any atom is 0.277 e. The molecule has 134 valence electrons. The molecular formula is C19H20N4O2S. The molecule has 26 heavy (non-hydrogen) atoms. The van der Waals surface area contributed by atoms with E-state index in [4.69, 9.17) is 0 Å². The maximum atomic E-state index is 12.0. The van der Waals surface area contributed by atoms with Crippen LogP contribution in [0.2, 0.25) is 0 Å². The monoisotopic (exact) mass is 368 g/mol. The van der Waals surface area contributed by atoms with E-state index in [0.29, 0.717) is 12.2 Å². The van der Waals surface area contributed by atoms with Gasteiger partial charge in [0.1, 0.15) is 5.82 Å². The van der Waals surface area contributed by atoms with Gasteiger partial charge >= 0.3 is 0 Å². The fraction of sp³-hybridized carbons (Fsp3) is 0.158. The Kier molecular flexibility index (Phi) is 6.06. The van der Waals surface area contributed by atoms with Crippen molar-refractivity contribution < 1.29 is 8.42 Å². The van der Waals surface area contributed by atoms with E-state index in [-0.39, 0.29) is 13.1 Å². The van der Waals surface area contributed by atoms with E-state index in [1.54, 1.807) is 6.20 Å². The minimum absolute atomic E-state index is 0.225. The molecule has 3 aromatic rings. The number of nitrogens with one attached hydrogen (secondary N) is 2. The molecule has 0 atom stereocenters. The average molecular weight is 368 g/mol. The van der Waals surface area contributed by atoms with E-state index in [1.807, 2.05) is 66.7 Å². The Morgan fingerprint density at radius 2 is 1.54 bits per heavy atom. The summed E-state index contributed by atoms with van der Waals surface area (Å²) < 4.78 is 29.1. The second kappa shape index (κ2) is 8.66. The van der Waals surface area contributed by atoms with Gasteiger partial charge in [0.2, 0.25) is 0 Å². The van der Waals surface area contributed by atoms with Gasteiger partial charge in [-0.25, -0.2) is 14.7 Å². The average Bonchev–Trinajstić information content (AvgIpc) is 2.68. The number of benzene rings is 2. The quantitative estimate of drug-likeness (QED) is 0.639. The van der Waals surface area contributed by atoms with Crippen LogP contribution in [0, 0.1) is 0 Å². The van der Waals surface area contributed by atoms with E-state index in [0.717, 1.165) is 16.8 Å². The second-order valence-electron chi connectivity index (χ2n) is 5.68. The number of hydrogen-bond donors (Lipinski definition) is 2. The van der Waals surface area contributed by atoms with Gasteiger partial charge in [-0.1, -0.05) is 60.7 Å². The molecule has 0 aliphatic carbocycles. The first-order valence-electron chi connectivity index (χ1n) is 8.28.